The smallest absolute Gasteiger partial charge is 0.273 e. The van der Waals surface area contributed by atoms with Gasteiger partial charge in [0, 0.05) is 23.6 Å². The summed E-state index contributed by atoms with van der Waals surface area (Å²) < 4.78 is 71.5. The minimum absolute atomic E-state index is 0.0769. The van der Waals surface area contributed by atoms with Crippen molar-refractivity contribution >= 4 is 27.5 Å². The van der Waals surface area contributed by atoms with Gasteiger partial charge in [0.15, 0.2) is 11.0 Å². The normalized spacial score (nSPS) is 12.6. The molecule has 0 saturated heterocycles. The van der Waals surface area contributed by atoms with E-state index in [2.05, 4.69) is 14.9 Å². The molecule has 0 bridgehead atoms. The van der Waals surface area contributed by atoms with E-state index < -0.39 is 37.6 Å². The lowest BCUT2D eigenvalue weighted by Gasteiger charge is -2.20. The first-order valence-electron chi connectivity index (χ1n) is 13.1. The first-order valence-corrected chi connectivity index (χ1v) is 15.6. The third-order valence-corrected chi connectivity index (χ3v) is 9.02. The highest BCUT2D eigenvalue weighted by Crippen LogP contribution is 2.33. The number of hydrogen-bond donors (Lipinski definition) is 1. The molecule has 1 unspecified atom stereocenters. The van der Waals surface area contributed by atoms with Crippen LogP contribution in [0.2, 0.25) is 0 Å². The van der Waals surface area contributed by atoms with E-state index in [1.54, 1.807) is 34.9 Å². The Kier molecular flexibility index (Phi) is 9.13. The van der Waals surface area contributed by atoms with E-state index in [-0.39, 0.29) is 17.9 Å². The van der Waals surface area contributed by atoms with Crippen molar-refractivity contribution in [2.24, 2.45) is 0 Å². The zero-order valence-electron chi connectivity index (χ0n) is 22.8. The van der Waals surface area contributed by atoms with E-state index in [0.717, 1.165) is 29.3 Å². The maximum Gasteiger partial charge on any atom is 0.416 e. The van der Waals surface area contributed by atoms with Gasteiger partial charge in [-0.1, -0.05) is 78.5 Å². The number of hydrogen-bond acceptors (Lipinski definition) is 7. The largest absolute Gasteiger partial charge is 0.416 e. The highest BCUT2D eigenvalue weighted by atomic mass is 32.2. The number of halogens is 3. The monoisotopic (exact) mass is 639 g/mol. The first kappa shape index (κ1) is 30.9. The predicted molar refractivity (Wildman–Crippen MR) is 159 cm³/mol. The van der Waals surface area contributed by atoms with Crippen LogP contribution < -0.4 is 4.72 Å². The lowest BCUT2D eigenvalue weighted by molar-refractivity contribution is -0.384. The van der Waals surface area contributed by atoms with Crippen molar-refractivity contribution in [3.63, 3.8) is 0 Å². The van der Waals surface area contributed by atoms with Crippen molar-refractivity contribution in [2.45, 2.75) is 34.4 Å². The van der Waals surface area contributed by atoms with Crippen LogP contribution in [0.5, 0.6) is 0 Å². The second-order valence-electron chi connectivity index (χ2n) is 9.61. The Bertz CT molecular complexity index is 1850. The van der Waals surface area contributed by atoms with Gasteiger partial charge in [-0.25, -0.2) is 13.1 Å². The number of nitrogens with one attached hydrogen (secondary N) is 1. The Labute approximate surface area is 255 Å². The van der Waals surface area contributed by atoms with Crippen LogP contribution in [0.15, 0.2) is 119 Å². The molecule has 0 aliphatic rings. The molecule has 1 atom stereocenters. The van der Waals surface area contributed by atoms with Gasteiger partial charge < -0.3 is 0 Å². The molecule has 0 aliphatic carbocycles. The van der Waals surface area contributed by atoms with Crippen LogP contribution in [0.25, 0.3) is 5.69 Å². The molecule has 0 fully saturated rings. The van der Waals surface area contributed by atoms with Crippen molar-refractivity contribution in [1.82, 2.24) is 19.5 Å². The molecule has 4 aromatic carbocycles. The number of nitro groups is 1. The van der Waals surface area contributed by atoms with E-state index in [1.807, 2.05) is 30.3 Å². The number of rotatable bonds is 11. The summed E-state index contributed by atoms with van der Waals surface area (Å²) in [6.45, 7) is 0. The van der Waals surface area contributed by atoms with Gasteiger partial charge in [-0.15, -0.1) is 10.2 Å². The molecular formula is C30H24F3N5O4S2. The van der Waals surface area contributed by atoms with Gasteiger partial charge in [0.05, 0.1) is 21.4 Å². The third kappa shape index (κ3) is 7.33. The minimum atomic E-state index is -4.74. The molecule has 5 aromatic rings. The summed E-state index contributed by atoms with van der Waals surface area (Å²) in [5, 5.41) is 20.4. The van der Waals surface area contributed by atoms with Crippen molar-refractivity contribution in [1.29, 1.82) is 0 Å². The maximum absolute atomic E-state index is 13.6. The fraction of sp³-hybridized carbons (Fsp3) is 0.133. The van der Waals surface area contributed by atoms with Crippen LogP contribution in [-0.4, -0.2) is 28.1 Å². The Morgan fingerprint density at radius 2 is 1.50 bits per heavy atom. The second kappa shape index (κ2) is 13.0. The maximum atomic E-state index is 13.6. The standard InChI is InChI=1S/C30H24F3N5O4S2/c31-30(32,33)23-12-7-13-26(19-23)44(41,42)36-27(18-21-8-3-1-4-9-21)28-34-35-29(43-20-22-10-5-2-6-11-22)37(28)24-14-16-25(17-15-24)38(39)40/h1-17,19,27,36H,18,20H2. The van der Waals surface area contributed by atoms with E-state index in [0.29, 0.717) is 22.7 Å². The minimum Gasteiger partial charge on any atom is -0.273 e. The molecule has 0 saturated carbocycles. The molecule has 1 aromatic heterocycles. The fourth-order valence-corrected chi connectivity index (χ4v) is 6.57. The van der Waals surface area contributed by atoms with E-state index in [1.165, 1.54) is 36.0 Å². The van der Waals surface area contributed by atoms with Crippen LogP contribution in [-0.2, 0) is 28.4 Å². The number of nitro benzene ring substituents is 1. The lowest BCUT2D eigenvalue weighted by atomic mass is 10.1. The fourth-order valence-electron chi connectivity index (χ4n) is 4.42. The number of alkyl halides is 3. The summed E-state index contributed by atoms with van der Waals surface area (Å²) in [6.07, 6.45) is -4.66. The van der Waals surface area contributed by atoms with Gasteiger partial charge in [0.2, 0.25) is 10.0 Å². The third-order valence-electron chi connectivity index (χ3n) is 6.55. The molecule has 226 valence electrons. The number of aromatic nitrogens is 3. The zero-order valence-corrected chi connectivity index (χ0v) is 24.4. The molecule has 5 rings (SSSR count). The zero-order chi connectivity index (χ0) is 31.3. The van der Waals surface area contributed by atoms with Gasteiger partial charge in [-0.3, -0.25) is 14.7 Å². The number of nitrogens with zero attached hydrogens (tertiary/aromatic N) is 4. The molecule has 0 amide bonds. The second-order valence-corrected chi connectivity index (χ2v) is 12.3. The van der Waals surface area contributed by atoms with E-state index >= 15 is 0 Å². The van der Waals surface area contributed by atoms with Crippen molar-refractivity contribution < 1.29 is 26.5 Å². The average molecular weight is 640 g/mol. The summed E-state index contributed by atoms with van der Waals surface area (Å²) in [4.78, 5) is 10.2. The van der Waals surface area contributed by atoms with Crippen LogP contribution in [0.4, 0.5) is 18.9 Å². The van der Waals surface area contributed by atoms with Crippen molar-refractivity contribution in [3.05, 3.63) is 142 Å². The quantitative estimate of drug-likeness (QED) is 0.0965. The SMILES string of the molecule is O=[N+]([O-])c1ccc(-n2c(SCc3ccccc3)nnc2C(Cc2ccccc2)NS(=O)(=O)c2cccc(C(F)(F)F)c2)cc1. The summed E-state index contributed by atoms with van der Waals surface area (Å²) >= 11 is 1.32. The molecule has 44 heavy (non-hydrogen) atoms. The predicted octanol–water partition coefficient (Wildman–Crippen LogP) is 6.75. The van der Waals surface area contributed by atoms with Crippen molar-refractivity contribution in [3.8, 4) is 5.69 Å². The Balaban J connectivity index is 1.59. The molecule has 0 spiro atoms. The highest BCUT2D eigenvalue weighted by Gasteiger charge is 2.33. The van der Waals surface area contributed by atoms with Gasteiger partial charge in [-0.05, 0) is 47.9 Å². The molecule has 0 aliphatic heterocycles. The van der Waals surface area contributed by atoms with Crippen LogP contribution in [0, 0.1) is 10.1 Å². The molecule has 14 heteroatoms. The number of benzene rings is 4. The number of thioether (sulfide) groups is 1. The summed E-state index contributed by atoms with van der Waals surface area (Å²) in [5.74, 6) is 0.638. The van der Waals surface area contributed by atoms with Crippen LogP contribution in [0.3, 0.4) is 0 Å². The highest BCUT2D eigenvalue weighted by molar-refractivity contribution is 7.98. The van der Waals surface area contributed by atoms with Gasteiger partial charge in [-0.2, -0.15) is 13.2 Å². The van der Waals surface area contributed by atoms with E-state index in [4.69, 9.17) is 0 Å². The molecule has 0 radical (unpaired) electrons. The Hall–Kier alpha value is -4.53. The molecule has 9 nitrogen and oxygen atoms in total. The first-order chi connectivity index (χ1) is 21.0. The van der Waals surface area contributed by atoms with Gasteiger partial charge in [0.1, 0.15) is 0 Å². The number of non-ortho nitro benzene ring substituents is 1. The average Bonchev–Trinajstić information content (AvgIpc) is 3.44. The summed E-state index contributed by atoms with van der Waals surface area (Å²) in [5.41, 5.74) is 0.897. The van der Waals surface area contributed by atoms with Crippen LogP contribution >= 0.6 is 11.8 Å². The molecule has 1 heterocycles. The summed E-state index contributed by atoms with van der Waals surface area (Å²) in [7, 11) is -4.50. The van der Waals surface area contributed by atoms with Gasteiger partial charge in [0.25, 0.3) is 5.69 Å². The molecular weight excluding hydrogens is 615 g/mol. The van der Waals surface area contributed by atoms with Crippen LogP contribution in [0.1, 0.15) is 28.6 Å². The van der Waals surface area contributed by atoms with E-state index in [9.17, 15) is 31.7 Å². The Morgan fingerprint density at radius 3 is 2.11 bits per heavy atom. The Morgan fingerprint density at radius 1 is 0.864 bits per heavy atom. The topological polar surface area (TPSA) is 120 Å². The molecule has 1 N–H and O–H groups in total. The lowest BCUT2D eigenvalue weighted by Crippen LogP contribution is -2.32. The summed E-state index contributed by atoms with van der Waals surface area (Å²) in [6, 6.07) is 26.4. The van der Waals surface area contributed by atoms with Gasteiger partial charge >= 0.3 is 6.18 Å². The van der Waals surface area contributed by atoms with Crippen molar-refractivity contribution in [2.75, 3.05) is 0 Å². The number of sulfonamides is 1.